The van der Waals surface area contributed by atoms with Gasteiger partial charge >= 0.3 is 0 Å². The predicted octanol–water partition coefficient (Wildman–Crippen LogP) is 3.38. The molecule has 1 N–H and O–H groups in total. The number of hydrogen-bond acceptors (Lipinski definition) is 3. The van der Waals surface area contributed by atoms with Gasteiger partial charge in [-0.05, 0) is 52.4 Å². The Hall–Kier alpha value is -1.96. The highest BCUT2D eigenvalue weighted by molar-refractivity contribution is 14.1. The number of anilines is 1. The second kappa shape index (κ2) is 6.47. The largest absolute Gasteiger partial charge is 0.326 e. The van der Waals surface area contributed by atoms with Crippen molar-refractivity contribution in [2.45, 2.75) is 6.42 Å². The first-order valence-corrected chi connectivity index (χ1v) is 6.91. The molecule has 0 radical (unpaired) electrons. The van der Waals surface area contributed by atoms with Gasteiger partial charge in [-0.2, -0.15) is 0 Å². The van der Waals surface area contributed by atoms with E-state index in [-0.39, 0.29) is 18.0 Å². The van der Waals surface area contributed by atoms with Crippen molar-refractivity contribution in [2.75, 3.05) is 5.32 Å². The van der Waals surface area contributed by atoms with E-state index >= 15 is 0 Å². The average molecular weight is 382 g/mol. The first-order chi connectivity index (χ1) is 9.54. The van der Waals surface area contributed by atoms with Gasteiger partial charge in [0.2, 0.25) is 5.91 Å². The van der Waals surface area contributed by atoms with Gasteiger partial charge < -0.3 is 5.32 Å². The number of nitro groups is 1. The van der Waals surface area contributed by atoms with Crippen LogP contribution in [0.5, 0.6) is 0 Å². The third kappa shape index (κ3) is 4.02. The van der Waals surface area contributed by atoms with Gasteiger partial charge in [0.25, 0.3) is 5.69 Å². The van der Waals surface area contributed by atoms with Crippen LogP contribution in [0.15, 0.2) is 48.5 Å². The maximum Gasteiger partial charge on any atom is 0.269 e. The molecule has 0 saturated carbocycles. The third-order valence-electron chi connectivity index (χ3n) is 2.64. The lowest BCUT2D eigenvalue weighted by Crippen LogP contribution is -2.14. The summed E-state index contributed by atoms with van der Waals surface area (Å²) >= 11 is 2.19. The summed E-state index contributed by atoms with van der Waals surface area (Å²) in [6, 6.07) is 13.4. The molecule has 0 fully saturated rings. The Morgan fingerprint density at radius 2 is 1.70 bits per heavy atom. The van der Waals surface area contributed by atoms with E-state index in [2.05, 4.69) is 27.9 Å². The van der Waals surface area contributed by atoms with Crippen molar-refractivity contribution in [3.63, 3.8) is 0 Å². The van der Waals surface area contributed by atoms with E-state index in [1.165, 1.54) is 12.1 Å². The third-order valence-corrected chi connectivity index (χ3v) is 3.36. The van der Waals surface area contributed by atoms with Gasteiger partial charge in [-0.25, -0.2) is 0 Å². The summed E-state index contributed by atoms with van der Waals surface area (Å²) in [6.07, 6.45) is 0.185. The van der Waals surface area contributed by atoms with Gasteiger partial charge in [-0.15, -0.1) is 0 Å². The van der Waals surface area contributed by atoms with Gasteiger partial charge in [-0.3, -0.25) is 14.9 Å². The zero-order valence-electron chi connectivity index (χ0n) is 10.4. The Labute approximate surface area is 129 Å². The number of benzene rings is 2. The minimum Gasteiger partial charge on any atom is -0.326 e. The molecular formula is C14H11IN2O3. The number of nitro benzene ring substituents is 1. The molecule has 2 aromatic carbocycles. The Morgan fingerprint density at radius 1 is 1.10 bits per heavy atom. The lowest BCUT2D eigenvalue weighted by Gasteiger charge is -2.05. The zero-order valence-corrected chi connectivity index (χ0v) is 12.5. The molecule has 0 aliphatic rings. The standard InChI is InChI=1S/C14H11IN2O3/c15-11-3-5-12(6-4-11)16-14(18)9-10-1-7-13(8-2-10)17(19)20/h1-8H,9H2,(H,16,18). The molecule has 0 aliphatic carbocycles. The average Bonchev–Trinajstić information content (AvgIpc) is 2.42. The summed E-state index contributed by atoms with van der Waals surface area (Å²) in [4.78, 5) is 21.9. The van der Waals surface area contributed by atoms with Crippen molar-refractivity contribution in [3.8, 4) is 0 Å². The van der Waals surface area contributed by atoms with Gasteiger partial charge in [0.1, 0.15) is 0 Å². The fraction of sp³-hybridized carbons (Fsp3) is 0.0714. The normalized spacial score (nSPS) is 10.1. The topological polar surface area (TPSA) is 72.2 Å². The molecule has 102 valence electrons. The summed E-state index contributed by atoms with van der Waals surface area (Å²) in [5.74, 6) is -0.153. The molecule has 2 aromatic rings. The van der Waals surface area contributed by atoms with Crippen molar-refractivity contribution in [2.24, 2.45) is 0 Å². The van der Waals surface area contributed by atoms with Gasteiger partial charge in [0.15, 0.2) is 0 Å². The maximum atomic E-state index is 11.8. The number of rotatable bonds is 4. The van der Waals surface area contributed by atoms with Crippen LogP contribution < -0.4 is 5.32 Å². The molecule has 0 saturated heterocycles. The summed E-state index contributed by atoms with van der Waals surface area (Å²) in [7, 11) is 0. The number of non-ortho nitro benzene ring substituents is 1. The van der Waals surface area contributed by atoms with Crippen molar-refractivity contribution in [1.82, 2.24) is 0 Å². The van der Waals surface area contributed by atoms with Crippen LogP contribution >= 0.6 is 22.6 Å². The van der Waals surface area contributed by atoms with E-state index in [0.717, 1.165) is 14.8 Å². The summed E-state index contributed by atoms with van der Waals surface area (Å²) in [5, 5.41) is 13.3. The highest BCUT2D eigenvalue weighted by Crippen LogP contribution is 2.14. The number of halogens is 1. The molecular weight excluding hydrogens is 371 g/mol. The second-order valence-corrected chi connectivity index (χ2v) is 5.40. The molecule has 0 heterocycles. The zero-order chi connectivity index (χ0) is 14.5. The summed E-state index contributed by atoms with van der Waals surface area (Å²) < 4.78 is 1.09. The Morgan fingerprint density at radius 3 is 2.25 bits per heavy atom. The van der Waals surface area contributed by atoms with Crippen LogP contribution in [0.4, 0.5) is 11.4 Å². The van der Waals surface area contributed by atoms with E-state index in [1.807, 2.05) is 24.3 Å². The predicted molar refractivity (Wildman–Crippen MR) is 84.6 cm³/mol. The number of carbonyl (C=O) groups excluding carboxylic acids is 1. The van der Waals surface area contributed by atoms with Crippen LogP contribution in [-0.4, -0.2) is 10.8 Å². The van der Waals surface area contributed by atoms with Crippen molar-refractivity contribution >= 4 is 39.9 Å². The van der Waals surface area contributed by atoms with E-state index in [1.54, 1.807) is 12.1 Å². The molecule has 0 unspecified atom stereocenters. The molecule has 0 aromatic heterocycles. The number of nitrogens with zero attached hydrogens (tertiary/aromatic N) is 1. The van der Waals surface area contributed by atoms with Gasteiger partial charge in [0, 0.05) is 21.4 Å². The van der Waals surface area contributed by atoms with E-state index in [9.17, 15) is 14.9 Å². The lowest BCUT2D eigenvalue weighted by atomic mass is 10.1. The fourth-order valence-electron chi connectivity index (χ4n) is 1.66. The molecule has 0 aliphatic heterocycles. The van der Waals surface area contributed by atoms with Crippen LogP contribution in [0.25, 0.3) is 0 Å². The maximum absolute atomic E-state index is 11.8. The monoisotopic (exact) mass is 382 g/mol. The number of hydrogen-bond donors (Lipinski definition) is 1. The molecule has 0 atom stereocenters. The van der Waals surface area contributed by atoms with Crippen molar-refractivity contribution in [1.29, 1.82) is 0 Å². The van der Waals surface area contributed by atoms with Crippen LogP contribution in [0.2, 0.25) is 0 Å². The Balaban J connectivity index is 1.97. The molecule has 20 heavy (non-hydrogen) atoms. The smallest absolute Gasteiger partial charge is 0.269 e. The van der Waals surface area contributed by atoms with Crippen LogP contribution in [0.1, 0.15) is 5.56 Å². The molecule has 5 nitrogen and oxygen atoms in total. The van der Waals surface area contributed by atoms with Crippen molar-refractivity contribution < 1.29 is 9.72 Å². The fourth-order valence-corrected chi connectivity index (χ4v) is 2.02. The van der Waals surface area contributed by atoms with Gasteiger partial charge in [-0.1, -0.05) is 12.1 Å². The SMILES string of the molecule is O=C(Cc1ccc([N+](=O)[O-])cc1)Nc1ccc(I)cc1. The molecule has 0 bridgehead atoms. The highest BCUT2D eigenvalue weighted by Gasteiger charge is 2.07. The van der Waals surface area contributed by atoms with Crippen LogP contribution in [0, 0.1) is 13.7 Å². The first kappa shape index (κ1) is 14.4. The minimum absolute atomic E-state index is 0.0202. The Kier molecular flexibility index (Phi) is 4.67. The van der Waals surface area contributed by atoms with E-state index < -0.39 is 4.92 Å². The molecule has 1 amide bonds. The van der Waals surface area contributed by atoms with Crippen LogP contribution in [-0.2, 0) is 11.2 Å². The molecule has 6 heteroatoms. The molecule has 2 rings (SSSR count). The van der Waals surface area contributed by atoms with Crippen LogP contribution in [0.3, 0.4) is 0 Å². The van der Waals surface area contributed by atoms with E-state index in [4.69, 9.17) is 0 Å². The summed E-state index contributed by atoms with van der Waals surface area (Å²) in [5.41, 5.74) is 1.49. The highest BCUT2D eigenvalue weighted by atomic mass is 127. The quantitative estimate of drug-likeness (QED) is 0.501. The number of carbonyl (C=O) groups is 1. The first-order valence-electron chi connectivity index (χ1n) is 5.83. The van der Waals surface area contributed by atoms with Gasteiger partial charge in [0.05, 0.1) is 11.3 Å². The Bertz CT molecular complexity index is 624. The lowest BCUT2D eigenvalue weighted by molar-refractivity contribution is -0.384. The molecule has 0 spiro atoms. The van der Waals surface area contributed by atoms with Crippen molar-refractivity contribution in [3.05, 3.63) is 67.8 Å². The minimum atomic E-state index is -0.463. The second-order valence-electron chi connectivity index (χ2n) is 4.16. The number of amides is 1. The number of nitrogens with one attached hydrogen (secondary N) is 1. The summed E-state index contributed by atoms with van der Waals surface area (Å²) in [6.45, 7) is 0. The van der Waals surface area contributed by atoms with E-state index in [0.29, 0.717) is 0 Å².